The highest BCUT2D eigenvalue weighted by Gasteiger charge is 2.37. The Morgan fingerprint density at radius 1 is 1.31 bits per heavy atom. The molecule has 1 aliphatic carbocycles. The van der Waals surface area contributed by atoms with Crippen molar-refractivity contribution >= 4 is 5.97 Å². The summed E-state index contributed by atoms with van der Waals surface area (Å²) in [6.07, 6.45) is 2.46. The fraction of sp³-hybridized carbons (Fsp3) is 0.462. The van der Waals surface area contributed by atoms with Crippen molar-refractivity contribution in [1.29, 1.82) is 0 Å². The third-order valence-corrected chi connectivity index (χ3v) is 3.58. The van der Waals surface area contributed by atoms with E-state index in [0.717, 1.165) is 12.1 Å². The maximum absolute atomic E-state index is 11.3. The van der Waals surface area contributed by atoms with E-state index < -0.39 is 5.97 Å². The highest BCUT2D eigenvalue weighted by Crippen LogP contribution is 2.35. The smallest absolute Gasteiger partial charge is 0.312 e. The first-order valence-corrected chi connectivity index (χ1v) is 5.80. The van der Waals surface area contributed by atoms with E-state index in [1.54, 1.807) is 0 Å². The first kappa shape index (κ1) is 9.85. The highest BCUT2D eigenvalue weighted by molar-refractivity contribution is 5.77. The van der Waals surface area contributed by atoms with Crippen molar-refractivity contribution in [3.05, 3.63) is 35.4 Å². The SMILES string of the molecule is O=C(O)C1CN(C2CC2)Cc2ccccc21. The molecular formula is C13H15NO2. The van der Waals surface area contributed by atoms with E-state index >= 15 is 0 Å². The summed E-state index contributed by atoms with van der Waals surface area (Å²) in [5, 5.41) is 9.28. The van der Waals surface area contributed by atoms with Crippen LogP contribution in [0.3, 0.4) is 0 Å². The van der Waals surface area contributed by atoms with Gasteiger partial charge in [0, 0.05) is 19.1 Å². The maximum Gasteiger partial charge on any atom is 0.312 e. The zero-order valence-electron chi connectivity index (χ0n) is 9.10. The Hall–Kier alpha value is -1.35. The van der Waals surface area contributed by atoms with Gasteiger partial charge in [0.05, 0.1) is 5.92 Å². The van der Waals surface area contributed by atoms with Gasteiger partial charge < -0.3 is 5.11 Å². The van der Waals surface area contributed by atoms with Gasteiger partial charge >= 0.3 is 5.97 Å². The summed E-state index contributed by atoms with van der Waals surface area (Å²) in [5.41, 5.74) is 2.19. The van der Waals surface area contributed by atoms with Crippen LogP contribution in [0.15, 0.2) is 24.3 Å². The van der Waals surface area contributed by atoms with Crippen LogP contribution in [0.2, 0.25) is 0 Å². The number of nitrogens with zero attached hydrogens (tertiary/aromatic N) is 1. The fourth-order valence-corrected chi connectivity index (χ4v) is 2.56. The molecule has 3 rings (SSSR count). The van der Waals surface area contributed by atoms with Crippen molar-refractivity contribution < 1.29 is 9.90 Å². The second-order valence-corrected chi connectivity index (χ2v) is 4.75. The van der Waals surface area contributed by atoms with Crippen molar-refractivity contribution in [1.82, 2.24) is 4.90 Å². The molecule has 1 saturated carbocycles. The fourth-order valence-electron chi connectivity index (χ4n) is 2.56. The Labute approximate surface area is 94.7 Å². The van der Waals surface area contributed by atoms with Gasteiger partial charge in [-0.2, -0.15) is 0 Å². The topological polar surface area (TPSA) is 40.5 Å². The van der Waals surface area contributed by atoms with Crippen molar-refractivity contribution in [3.63, 3.8) is 0 Å². The average molecular weight is 217 g/mol. The van der Waals surface area contributed by atoms with Crippen molar-refractivity contribution in [2.45, 2.75) is 31.3 Å². The lowest BCUT2D eigenvalue weighted by Crippen LogP contribution is -2.38. The van der Waals surface area contributed by atoms with Gasteiger partial charge in [-0.3, -0.25) is 9.69 Å². The predicted octanol–water partition coefficient (Wildman–Crippen LogP) is 1.83. The van der Waals surface area contributed by atoms with Crippen LogP contribution in [-0.2, 0) is 11.3 Å². The standard InChI is InChI=1S/C13H15NO2/c15-13(16)12-8-14(10-5-6-10)7-9-3-1-2-4-11(9)12/h1-4,10,12H,5-8H2,(H,15,16). The van der Waals surface area contributed by atoms with E-state index in [0.29, 0.717) is 12.6 Å². The molecule has 0 bridgehead atoms. The lowest BCUT2D eigenvalue weighted by molar-refractivity contribution is -0.139. The number of hydrogen-bond acceptors (Lipinski definition) is 2. The number of aliphatic carboxylic acids is 1. The van der Waals surface area contributed by atoms with Crippen molar-refractivity contribution in [3.8, 4) is 0 Å². The quantitative estimate of drug-likeness (QED) is 0.821. The predicted molar refractivity (Wildman–Crippen MR) is 60.3 cm³/mol. The van der Waals surface area contributed by atoms with E-state index in [2.05, 4.69) is 11.0 Å². The number of hydrogen-bond donors (Lipinski definition) is 1. The van der Waals surface area contributed by atoms with Crippen LogP contribution in [0.25, 0.3) is 0 Å². The molecule has 3 heteroatoms. The molecule has 2 aliphatic rings. The molecule has 84 valence electrons. The lowest BCUT2D eigenvalue weighted by atomic mass is 9.90. The number of fused-ring (bicyclic) bond motifs is 1. The molecule has 0 radical (unpaired) electrons. The first-order valence-electron chi connectivity index (χ1n) is 5.80. The van der Waals surface area contributed by atoms with Gasteiger partial charge in [0.25, 0.3) is 0 Å². The summed E-state index contributed by atoms with van der Waals surface area (Å²) in [4.78, 5) is 13.6. The van der Waals surface area contributed by atoms with Crippen molar-refractivity contribution in [2.75, 3.05) is 6.54 Å². The Balaban J connectivity index is 1.96. The van der Waals surface area contributed by atoms with Crippen LogP contribution in [0.1, 0.15) is 29.9 Å². The molecule has 1 atom stereocenters. The van der Waals surface area contributed by atoms with Crippen LogP contribution in [-0.4, -0.2) is 28.6 Å². The van der Waals surface area contributed by atoms with Crippen LogP contribution in [0, 0.1) is 0 Å². The van der Waals surface area contributed by atoms with Crippen LogP contribution >= 0.6 is 0 Å². The van der Waals surface area contributed by atoms with Gasteiger partial charge in [-0.1, -0.05) is 24.3 Å². The van der Waals surface area contributed by atoms with Gasteiger partial charge in [-0.25, -0.2) is 0 Å². The molecule has 1 fully saturated rings. The molecule has 0 spiro atoms. The molecule has 0 aromatic heterocycles. The van der Waals surface area contributed by atoms with E-state index in [-0.39, 0.29) is 5.92 Å². The van der Waals surface area contributed by atoms with E-state index in [9.17, 15) is 9.90 Å². The number of carbonyl (C=O) groups is 1. The monoisotopic (exact) mass is 217 g/mol. The third kappa shape index (κ3) is 1.61. The van der Waals surface area contributed by atoms with Crippen LogP contribution < -0.4 is 0 Å². The molecule has 0 amide bonds. The minimum atomic E-state index is -0.696. The lowest BCUT2D eigenvalue weighted by Gasteiger charge is -2.32. The second kappa shape index (κ2) is 3.59. The minimum Gasteiger partial charge on any atom is -0.481 e. The number of rotatable bonds is 2. The Morgan fingerprint density at radius 3 is 2.75 bits per heavy atom. The summed E-state index contributed by atoms with van der Waals surface area (Å²) in [6.45, 7) is 1.60. The first-order chi connectivity index (χ1) is 7.75. The molecule has 1 heterocycles. The maximum atomic E-state index is 11.3. The molecule has 1 unspecified atom stereocenters. The largest absolute Gasteiger partial charge is 0.481 e. The average Bonchev–Trinajstić information content (AvgIpc) is 3.11. The van der Waals surface area contributed by atoms with E-state index in [1.165, 1.54) is 18.4 Å². The van der Waals surface area contributed by atoms with E-state index in [1.807, 2.05) is 18.2 Å². The summed E-state index contributed by atoms with van der Waals surface area (Å²) >= 11 is 0. The van der Waals surface area contributed by atoms with Gasteiger partial charge in [0.2, 0.25) is 0 Å². The molecular weight excluding hydrogens is 202 g/mol. The Morgan fingerprint density at radius 2 is 2.06 bits per heavy atom. The van der Waals surface area contributed by atoms with Crippen LogP contribution in [0.4, 0.5) is 0 Å². The summed E-state index contributed by atoms with van der Waals surface area (Å²) < 4.78 is 0. The minimum absolute atomic E-state index is 0.342. The number of carboxylic acid groups (broad SMARTS) is 1. The molecule has 0 saturated heterocycles. The second-order valence-electron chi connectivity index (χ2n) is 4.75. The summed E-state index contributed by atoms with van der Waals surface area (Å²) in [7, 11) is 0. The molecule has 1 aromatic rings. The zero-order valence-corrected chi connectivity index (χ0v) is 9.10. The van der Waals surface area contributed by atoms with E-state index in [4.69, 9.17) is 0 Å². The van der Waals surface area contributed by atoms with Crippen molar-refractivity contribution in [2.24, 2.45) is 0 Å². The Bertz CT molecular complexity index is 426. The third-order valence-electron chi connectivity index (χ3n) is 3.58. The molecule has 3 nitrogen and oxygen atoms in total. The molecule has 16 heavy (non-hydrogen) atoms. The Kier molecular flexibility index (Phi) is 2.21. The van der Waals surface area contributed by atoms with Gasteiger partial charge in [0.1, 0.15) is 0 Å². The zero-order chi connectivity index (χ0) is 11.1. The molecule has 1 N–H and O–H groups in total. The molecule has 1 aliphatic heterocycles. The number of carboxylic acids is 1. The summed E-state index contributed by atoms with van der Waals surface area (Å²) in [6, 6.07) is 8.57. The van der Waals surface area contributed by atoms with Gasteiger partial charge in [-0.15, -0.1) is 0 Å². The van der Waals surface area contributed by atoms with Gasteiger partial charge in [0.15, 0.2) is 0 Å². The highest BCUT2D eigenvalue weighted by atomic mass is 16.4. The normalized spacial score (nSPS) is 25.1. The molecule has 1 aromatic carbocycles. The number of benzene rings is 1. The van der Waals surface area contributed by atoms with Gasteiger partial charge in [-0.05, 0) is 24.0 Å². The summed E-state index contributed by atoms with van der Waals surface area (Å²) in [5.74, 6) is -1.04. The van der Waals surface area contributed by atoms with Crippen LogP contribution in [0.5, 0.6) is 0 Å².